The van der Waals surface area contributed by atoms with Gasteiger partial charge in [0.2, 0.25) is 0 Å². The lowest BCUT2D eigenvalue weighted by atomic mass is 9.85. The first-order valence-electron chi connectivity index (χ1n) is 11.5. The fourth-order valence-electron chi connectivity index (χ4n) is 4.23. The third-order valence-electron chi connectivity index (χ3n) is 6.17. The third kappa shape index (κ3) is 5.65. The van der Waals surface area contributed by atoms with Crippen molar-refractivity contribution in [1.82, 2.24) is 0 Å². The molecule has 3 heteroatoms. The van der Waals surface area contributed by atoms with E-state index >= 15 is 0 Å². The van der Waals surface area contributed by atoms with Gasteiger partial charge in [-0.15, -0.1) is 0 Å². The summed E-state index contributed by atoms with van der Waals surface area (Å²) < 4.78 is 6.22. The van der Waals surface area contributed by atoms with Crippen molar-refractivity contribution in [2.45, 2.75) is 71.6 Å². The van der Waals surface area contributed by atoms with Gasteiger partial charge in [-0.1, -0.05) is 70.9 Å². The fourth-order valence-corrected chi connectivity index (χ4v) is 4.23. The molecule has 0 aliphatic heterocycles. The van der Waals surface area contributed by atoms with E-state index in [9.17, 15) is 9.90 Å². The molecule has 1 N–H and O–H groups in total. The first kappa shape index (κ1) is 22.4. The second kappa shape index (κ2) is 10.1. The summed E-state index contributed by atoms with van der Waals surface area (Å²) in [6.07, 6.45) is 5.28. The van der Waals surface area contributed by atoms with Crippen molar-refractivity contribution in [3.63, 3.8) is 0 Å². The Labute approximate surface area is 181 Å². The highest BCUT2D eigenvalue weighted by Gasteiger charge is 2.26. The Morgan fingerprint density at radius 3 is 2.47 bits per heavy atom. The van der Waals surface area contributed by atoms with Crippen LogP contribution in [0, 0.1) is 11.8 Å². The second-order valence-electron chi connectivity index (χ2n) is 9.27. The predicted octanol–water partition coefficient (Wildman–Crippen LogP) is 7.26. The van der Waals surface area contributed by atoms with Crippen molar-refractivity contribution < 1.29 is 14.6 Å². The molecule has 0 spiro atoms. The molecule has 2 unspecified atom stereocenters. The van der Waals surface area contributed by atoms with E-state index in [0.29, 0.717) is 24.2 Å². The zero-order chi connectivity index (χ0) is 21.7. The molecule has 0 radical (unpaired) electrons. The summed E-state index contributed by atoms with van der Waals surface area (Å²) >= 11 is 0. The van der Waals surface area contributed by atoms with Crippen LogP contribution in [0.15, 0.2) is 42.5 Å². The molecule has 0 heterocycles. The maximum absolute atomic E-state index is 12.1. The minimum atomic E-state index is -0.743. The maximum Gasteiger partial charge on any atom is 0.310 e. The molecular formula is C27H36O3. The Bertz CT molecular complexity index is 851. The van der Waals surface area contributed by atoms with E-state index in [2.05, 4.69) is 58.0 Å². The minimum Gasteiger partial charge on any atom is -0.493 e. The number of benzene rings is 2. The lowest BCUT2D eigenvalue weighted by Crippen LogP contribution is -2.15. The molecule has 0 amide bonds. The lowest BCUT2D eigenvalue weighted by Gasteiger charge is -2.21. The Hall–Kier alpha value is -2.29. The first-order chi connectivity index (χ1) is 14.4. The number of carboxylic acid groups (broad SMARTS) is 1. The van der Waals surface area contributed by atoms with Gasteiger partial charge in [0.15, 0.2) is 0 Å². The minimum absolute atomic E-state index is 0.376. The summed E-state index contributed by atoms with van der Waals surface area (Å²) in [7, 11) is 0. The average Bonchev–Trinajstić information content (AvgIpc) is 3.55. The fraction of sp³-hybridized carbons (Fsp3) is 0.519. The van der Waals surface area contributed by atoms with Crippen molar-refractivity contribution in [3.05, 3.63) is 53.6 Å². The summed E-state index contributed by atoms with van der Waals surface area (Å²) in [5, 5.41) is 9.97. The highest BCUT2D eigenvalue weighted by Crippen LogP contribution is 2.40. The van der Waals surface area contributed by atoms with E-state index in [4.69, 9.17) is 4.74 Å². The SMILES string of the molecule is CCCC(C)CC(C(=O)O)c1ccc(OCC2CC2)c(-c2ccccc2C(C)C)c1. The number of hydrogen-bond donors (Lipinski definition) is 1. The Morgan fingerprint density at radius 1 is 1.10 bits per heavy atom. The summed E-state index contributed by atoms with van der Waals surface area (Å²) in [6, 6.07) is 14.4. The average molecular weight is 409 g/mol. The van der Waals surface area contributed by atoms with Gasteiger partial charge in [0.1, 0.15) is 5.75 Å². The van der Waals surface area contributed by atoms with Crippen LogP contribution in [0.5, 0.6) is 5.75 Å². The smallest absolute Gasteiger partial charge is 0.310 e. The third-order valence-corrected chi connectivity index (χ3v) is 6.17. The van der Waals surface area contributed by atoms with E-state index < -0.39 is 11.9 Å². The zero-order valence-electron chi connectivity index (χ0n) is 18.9. The molecule has 1 aliphatic rings. The zero-order valence-corrected chi connectivity index (χ0v) is 18.9. The van der Waals surface area contributed by atoms with Crippen LogP contribution in [-0.4, -0.2) is 17.7 Å². The van der Waals surface area contributed by atoms with Crippen LogP contribution in [0.2, 0.25) is 0 Å². The normalized spacial score (nSPS) is 15.8. The number of rotatable bonds is 11. The van der Waals surface area contributed by atoms with Crippen molar-refractivity contribution in [2.75, 3.05) is 6.61 Å². The van der Waals surface area contributed by atoms with Crippen LogP contribution in [0.25, 0.3) is 11.1 Å². The number of carboxylic acids is 1. The predicted molar refractivity (Wildman–Crippen MR) is 123 cm³/mol. The molecule has 162 valence electrons. The number of ether oxygens (including phenoxy) is 1. The second-order valence-corrected chi connectivity index (χ2v) is 9.27. The van der Waals surface area contributed by atoms with Crippen LogP contribution in [0.1, 0.15) is 82.8 Å². The molecule has 2 aromatic carbocycles. The van der Waals surface area contributed by atoms with Crippen LogP contribution in [-0.2, 0) is 4.79 Å². The molecule has 2 atom stereocenters. The van der Waals surface area contributed by atoms with Crippen molar-refractivity contribution in [3.8, 4) is 16.9 Å². The largest absolute Gasteiger partial charge is 0.493 e. The van der Waals surface area contributed by atoms with E-state index in [0.717, 1.165) is 41.9 Å². The molecule has 1 aliphatic carbocycles. The van der Waals surface area contributed by atoms with E-state index in [1.165, 1.54) is 18.4 Å². The summed E-state index contributed by atoms with van der Waals surface area (Å²) in [6.45, 7) is 9.44. The standard InChI is InChI=1S/C27H36O3/c1-5-8-19(4)15-24(27(28)29)21-13-14-26(30-17-20-11-12-20)25(16-21)23-10-7-6-9-22(23)18(2)3/h6-7,9-10,13-14,16,18-20,24H,5,8,11-12,15,17H2,1-4H3,(H,28,29). The van der Waals surface area contributed by atoms with E-state index in [-0.39, 0.29) is 0 Å². The van der Waals surface area contributed by atoms with Gasteiger partial charge >= 0.3 is 5.97 Å². The van der Waals surface area contributed by atoms with Gasteiger partial charge in [0.05, 0.1) is 12.5 Å². The number of hydrogen-bond acceptors (Lipinski definition) is 2. The highest BCUT2D eigenvalue weighted by molar-refractivity contribution is 5.80. The molecule has 3 nitrogen and oxygen atoms in total. The van der Waals surface area contributed by atoms with Crippen LogP contribution < -0.4 is 4.74 Å². The monoisotopic (exact) mass is 408 g/mol. The van der Waals surface area contributed by atoms with Crippen molar-refractivity contribution in [2.24, 2.45) is 11.8 Å². The molecule has 2 aromatic rings. The molecule has 0 saturated heterocycles. The molecule has 30 heavy (non-hydrogen) atoms. The molecule has 3 rings (SSSR count). The van der Waals surface area contributed by atoms with E-state index in [1.54, 1.807) is 0 Å². The first-order valence-corrected chi connectivity index (χ1v) is 11.5. The topological polar surface area (TPSA) is 46.5 Å². The van der Waals surface area contributed by atoms with Gasteiger partial charge < -0.3 is 9.84 Å². The number of carbonyl (C=O) groups is 1. The summed E-state index contributed by atoms with van der Waals surface area (Å²) in [5.41, 5.74) is 4.30. The molecule has 1 fully saturated rings. The van der Waals surface area contributed by atoms with Crippen LogP contribution >= 0.6 is 0 Å². The van der Waals surface area contributed by atoms with Gasteiger partial charge in [-0.25, -0.2) is 0 Å². The molecule has 1 saturated carbocycles. The summed E-state index contributed by atoms with van der Waals surface area (Å²) in [5.74, 6) is 1.06. The van der Waals surface area contributed by atoms with Crippen molar-refractivity contribution in [1.29, 1.82) is 0 Å². The Kier molecular flexibility index (Phi) is 7.58. The summed E-state index contributed by atoms with van der Waals surface area (Å²) in [4.78, 5) is 12.1. The molecule has 0 aromatic heterocycles. The van der Waals surface area contributed by atoms with Crippen molar-refractivity contribution >= 4 is 5.97 Å². The maximum atomic E-state index is 12.1. The Balaban J connectivity index is 2.02. The quantitative estimate of drug-likeness (QED) is 0.425. The highest BCUT2D eigenvalue weighted by atomic mass is 16.5. The van der Waals surface area contributed by atoms with Gasteiger partial charge in [-0.2, -0.15) is 0 Å². The lowest BCUT2D eigenvalue weighted by molar-refractivity contribution is -0.139. The number of aliphatic carboxylic acids is 1. The van der Waals surface area contributed by atoms with E-state index in [1.807, 2.05) is 12.1 Å². The van der Waals surface area contributed by atoms with Crippen LogP contribution in [0.4, 0.5) is 0 Å². The molecular weight excluding hydrogens is 372 g/mol. The van der Waals surface area contributed by atoms with Gasteiger partial charge in [-0.3, -0.25) is 4.79 Å². The van der Waals surface area contributed by atoms with Gasteiger partial charge in [0, 0.05) is 5.56 Å². The van der Waals surface area contributed by atoms with Gasteiger partial charge in [-0.05, 0) is 65.8 Å². The molecule has 0 bridgehead atoms. The Morgan fingerprint density at radius 2 is 1.83 bits per heavy atom. The van der Waals surface area contributed by atoms with Gasteiger partial charge in [0.25, 0.3) is 0 Å². The van der Waals surface area contributed by atoms with Crippen LogP contribution in [0.3, 0.4) is 0 Å².